The van der Waals surface area contributed by atoms with Gasteiger partial charge in [0.2, 0.25) is 0 Å². The van der Waals surface area contributed by atoms with Gasteiger partial charge in [-0.3, -0.25) is 4.99 Å². The van der Waals surface area contributed by atoms with E-state index in [0.717, 1.165) is 12.1 Å². The van der Waals surface area contributed by atoms with E-state index in [9.17, 15) is 4.79 Å². The Hall–Kier alpha value is -1.48. The van der Waals surface area contributed by atoms with Gasteiger partial charge in [0.15, 0.2) is 0 Å². The van der Waals surface area contributed by atoms with Gasteiger partial charge in [0.1, 0.15) is 5.78 Å². The Morgan fingerprint density at radius 3 is 2.75 bits per heavy atom. The zero-order valence-electron chi connectivity index (χ0n) is 12.5. The van der Waals surface area contributed by atoms with E-state index < -0.39 is 0 Å². The molecule has 1 aliphatic heterocycles. The molecule has 0 amide bonds. The van der Waals surface area contributed by atoms with Gasteiger partial charge in [-0.2, -0.15) is 0 Å². The predicted molar refractivity (Wildman–Crippen MR) is 81.1 cm³/mol. The Bertz CT molecular complexity index is 481. The zero-order valence-corrected chi connectivity index (χ0v) is 12.5. The first-order valence-corrected chi connectivity index (χ1v) is 7.31. The third-order valence-corrected chi connectivity index (χ3v) is 3.85. The fraction of sp³-hybridized carbons (Fsp3) is 0.529. The lowest BCUT2D eigenvalue weighted by atomic mass is 9.96. The van der Waals surface area contributed by atoms with Crippen LogP contribution in [0.4, 0.5) is 0 Å². The minimum Gasteiger partial charge on any atom is -0.372 e. The molecular weight excluding hydrogens is 250 g/mol. The molecule has 0 spiro atoms. The molecule has 0 aliphatic carbocycles. The summed E-state index contributed by atoms with van der Waals surface area (Å²) in [4.78, 5) is 16.0. The predicted octanol–water partition coefficient (Wildman–Crippen LogP) is 3.59. The van der Waals surface area contributed by atoms with E-state index in [1.165, 1.54) is 5.56 Å². The minimum atomic E-state index is 0.0677. The Morgan fingerprint density at radius 2 is 2.10 bits per heavy atom. The second-order valence-corrected chi connectivity index (χ2v) is 5.55. The van der Waals surface area contributed by atoms with Crippen molar-refractivity contribution < 1.29 is 9.53 Å². The molecule has 108 valence electrons. The molecule has 0 bridgehead atoms. The van der Waals surface area contributed by atoms with Gasteiger partial charge in [-0.25, -0.2) is 0 Å². The molecule has 1 aliphatic rings. The average Bonchev–Trinajstić information content (AvgIpc) is 2.78. The van der Waals surface area contributed by atoms with E-state index in [4.69, 9.17) is 9.73 Å². The number of hydrogen-bond donors (Lipinski definition) is 0. The van der Waals surface area contributed by atoms with Crippen LogP contribution in [0, 0.1) is 5.92 Å². The molecular formula is C17H23NO2. The summed E-state index contributed by atoms with van der Waals surface area (Å²) in [5.74, 6) is 0.528. The Labute approximate surface area is 121 Å². The van der Waals surface area contributed by atoms with Gasteiger partial charge >= 0.3 is 0 Å². The highest BCUT2D eigenvalue weighted by atomic mass is 16.5. The number of carbonyl (C=O) groups is 1. The molecule has 20 heavy (non-hydrogen) atoms. The third-order valence-electron chi connectivity index (χ3n) is 3.85. The van der Waals surface area contributed by atoms with E-state index in [2.05, 4.69) is 19.1 Å². The molecule has 3 nitrogen and oxygen atoms in total. The molecule has 2 unspecified atom stereocenters. The molecule has 1 fully saturated rings. The molecule has 1 heterocycles. The van der Waals surface area contributed by atoms with E-state index in [0.29, 0.717) is 18.9 Å². The van der Waals surface area contributed by atoms with Gasteiger partial charge in [0.05, 0.1) is 18.8 Å². The van der Waals surface area contributed by atoms with Crippen LogP contribution in [0.1, 0.15) is 45.2 Å². The second kappa shape index (κ2) is 6.80. The number of nitrogens with zero attached hydrogens (tertiary/aromatic N) is 1. The fourth-order valence-corrected chi connectivity index (χ4v) is 2.61. The summed E-state index contributed by atoms with van der Waals surface area (Å²) >= 11 is 0. The maximum atomic E-state index is 11.2. The van der Waals surface area contributed by atoms with Crippen LogP contribution in [0.3, 0.4) is 0 Å². The molecule has 0 saturated carbocycles. The van der Waals surface area contributed by atoms with E-state index >= 15 is 0 Å². The molecule has 1 saturated heterocycles. The number of benzene rings is 1. The monoisotopic (exact) mass is 273 g/mol. The zero-order chi connectivity index (χ0) is 14.5. The summed E-state index contributed by atoms with van der Waals surface area (Å²) in [6, 6.07) is 10.4. The number of carbonyl (C=O) groups excluding carboxylic acids is 1. The SMILES string of the molecule is CC(=O)CCC1COC(C)C1=N[C@H](C)c1ccccc1. The number of Topliss-reactive ketones (excluding diaryl/α,β-unsaturated/α-hetero) is 1. The van der Waals surface area contributed by atoms with Gasteiger partial charge in [-0.1, -0.05) is 30.3 Å². The largest absolute Gasteiger partial charge is 0.372 e. The lowest BCUT2D eigenvalue weighted by molar-refractivity contribution is -0.117. The Balaban J connectivity index is 2.10. The summed E-state index contributed by atoms with van der Waals surface area (Å²) in [6.45, 7) is 6.48. The molecule has 1 aromatic rings. The lowest BCUT2D eigenvalue weighted by Gasteiger charge is -2.14. The summed E-state index contributed by atoms with van der Waals surface area (Å²) < 4.78 is 5.71. The van der Waals surface area contributed by atoms with Crippen LogP contribution in [-0.4, -0.2) is 24.2 Å². The number of hydrogen-bond acceptors (Lipinski definition) is 3. The maximum absolute atomic E-state index is 11.2. The van der Waals surface area contributed by atoms with Gasteiger partial charge < -0.3 is 9.53 Å². The van der Waals surface area contributed by atoms with Crippen molar-refractivity contribution in [3.63, 3.8) is 0 Å². The molecule has 1 aromatic carbocycles. The van der Waals surface area contributed by atoms with Crippen LogP contribution < -0.4 is 0 Å². The molecule has 3 heteroatoms. The molecule has 0 N–H and O–H groups in total. The highest BCUT2D eigenvalue weighted by Crippen LogP contribution is 2.26. The van der Waals surface area contributed by atoms with Crippen LogP contribution in [0.25, 0.3) is 0 Å². The van der Waals surface area contributed by atoms with Crippen molar-refractivity contribution in [3.05, 3.63) is 35.9 Å². The highest BCUT2D eigenvalue weighted by Gasteiger charge is 2.30. The summed E-state index contributed by atoms with van der Waals surface area (Å²) in [5, 5.41) is 0. The maximum Gasteiger partial charge on any atom is 0.129 e. The average molecular weight is 273 g/mol. The van der Waals surface area contributed by atoms with E-state index in [1.807, 2.05) is 25.1 Å². The van der Waals surface area contributed by atoms with Crippen LogP contribution in [0.5, 0.6) is 0 Å². The Kier molecular flexibility index (Phi) is 5.07. The lowest BCUT2D eigenvalue weighted by Crippen LogP contribution is -2.19. The molecule has 2 rings (SSSR count). The quantitative estimate of drug-likeness (QED) is 0.822. The summed E-state index contributed by atoms with van der Waals surface area (Å²) in [7, 11) is 0. The van der Waals surface area contributed by atoms with Crippen LogP contribution in [0.2, 0.25) is 0 Å². The molecule has 0 radical (unpaired) electrons. The van der Waals surface area contributed by atoms with Crippen molar-refractivity contribution in [1.29, 1.82) is 0 Å². The first kappa shape index (κ1) is 14.9. The van der Waals surface area contributed by atoms with Crippen LogP contribution in [-0.2, 0) is 9.53 Å². The first-order chi connectivity index (χ1) is 9.58. The van der Waals surface area contributed by atoms with Gasteiger partial charge in [-0.05, 0) is 32.8 Å². The first-order valence-electron chi connectivity index (χ1n) is 7.31. The minimum absolute atomic E-state index is 0.0677. The molecule has 3 atom stereocenters. The van der Waals surface area contributed by atoms with Crippen molar-refractivity contribution in [2.45, 2.75) is 45.8 Å². The molecule has 0 aromatic heterocycles. The standard InChI is InChI=1S/C17H23NO2/c1-12(19)9-10-16-11-20-14(3)17(16)18-13(2)15-7-5-4-6-8-15/h4-8,13-14,16H,9-11H2,1-3H3/t13-,14?,16?/m1/s1. The highest BCUT2D eigenvalue weighted by molar-refractivity contribution is 5.92. The van der Waals surface area contributed by atoms with Gasteiger partial charge in [-0.15, -0.1) is 0 Å². The normalized spacial score (nSPS) is 25.9. The summed E-state index contributed by atoms with van der Waals surface area (Å²) in [6.07, 6.45) is 1.53. The summed E-state index contributed by atoms with van der Waals surface area (Å²) in [5.41, 5.74) is 2.33. The number of ketones is 1. The topological polar surface area (TPSA) is 38.7 Å². The van der Waals surface area contributed by atoms with Crippen molar-refractivity contribution in [2.75, 3.05) is 6.61 Å². The number of rotatable bonds is 5. The van der Waals surface area contributed by atoms with Crippen molar-refractivity contribution in [3.8, 4) is 0 Å². The number of aliphatic imine (C=N–C) groups is 1. The van der Waals surface area contributed by atoms with Gasteiger partial charge in [0, 0.05) is 18.1 Å². The van der Waals surface area contributed by atoms with E-state index in [1.54, 1.807) is 6.92 Å². The number of ether oxygens (including phenoxy) is 1. The Morgan fingerprint density at radius 1 is 1.40 bits per heavy atom. The van der Waals surface area contributed by atoms with Crippen molar-refractivity contribution in [1.82, 2.24) is 0 Å². The second-order valence-electron chi connectivity index (χ2n) is 5.55. The fourth-order valence-electron chi connectivity index (χ4n) is 2.61. The smallest absolute Gasteiger partial charge is 0.129 e. The van der Waals surface area contributed by atoms with Crippen LogP contribution >= 0.6 is 0 Å². The third kappa shape index (κ3) is 3.76. The van der Waals surface area contributed by atoms with E-state index in [-0.39, 0.29) is 17.9 Å². The van der Waals surface area contributed by atoms with Crippen molar-refractivity contribution in [2.24, 2.45) is 10.9 Å². The van der Waals surface area contributed by atoms with Crippen LogP contribution in [0.15, 0.2) is 35.3 Å². The van der Waals surface area contributed by atoms with Crippen molar-refractivity contribution >= 4 is 11.5 Å². The van der Waals surface area contributed by atoms with Gasteiger partial charge in [0.25, 0.3) is 0 Å².